The minimum absolute atomic E-state index is 0.00713. The van der Waals surface area contributed by atoms with E-state index < -0.39 is 0 Å². The van der Waals surface area contributed by atoms with Crippen molar-refractivity contribution in [1.29, 1.82) is 0 Å². The predicted molar refractivity (Wildman–Crippen MR) is 103 cm³/mol. The summed E-state index contributed by atoms with van der Waals surface area (Å²) in [5, 5.41) is 2.82. The molecule has 27 heavy (non-hydrogen) atoms. The van der Waals surface area contributed by atoms with Crippen LogP contribution in [0.3, 0.4) is 0 Å². The fourth-order valence-corrected chi connectivity index (χ4v) is 4.67. The highest BCUT2D eigenvalue weighted by Gasteiger charge is 2.34. The molecule has 2 amide bonds. The number of amides is 2. The Morgan fingerprint density at radius 1 is 1.37 bits per heavy atom. The fourth-order valence-electron chi connectivity index (χ4n) is 3.60. The Hall–Kier alpha value is -2.74. The number of rotatable bonds is 4. The molecule has 1 saturated heterocycles. The lowest BCUT2D eigenvalue weighted by Crippen LogP contribution is -2.31. The SMILES string of the molecule is CCNC(=O)c1ccc(C2CCCN2C(=O)c2c(C)nc3ncccn23)s1. The lowest BCUT2D eigenvalue weighted by atomic mass is 10.1. The van der Waals surface area contributed by atoms with Gasteiger partial charge in [-0.25, -0.2) is 9.97 Å². The summed E-state index contributed by atoms with van der Waals surface area (Å²) in [5.74, 6) is 0.431. The maximum atomic E-state index is 13.3. The summed E-state index contributed by atoms with van der Waals surface area (Å²) in [4.78, 5) is 37.7. The molecule has 0 aliphatic carbocycles. The molecule has 1 fully saturated rings. The lowest BCUT2D eigenvalue weighted by Gasteiger charge is -2.24. The Kier molecular flexibility index (Phi) is 4.65. The molecular formula is C19H21N5O2S. The van der Waals surface area contributed by atoms with Crippen LogP contribution >= 0.6 is 11.3 Å². The van der Waals surface area contributed by atoms with Crippen LogP contribution in [0.2, 0.25) is 0 Å². The molecule has 4 rings (SSSR count). The third-order valence-corrected chi connectivity index (χ3v) is 6.00. The zero-order chi connectivity index (χ0) is 19.0. The summed E-state index contributed by atoms with van der Waals surface area (Å²) in [5.41, 5.74) is 1.24. The van der Waals surface area contributed by atoms with Crippen molar-refractivity contribution in [2.45, 2.75) is 32.7 Å². The van der Waals surface area contributed by atoms with Crippen molar-refractivity contribution in [2.75, 3.05) is 13.1 Å². The van der Waals surface area contributed by atoms with E-state index in [0.29, 0.717) is 35.1 Å². The van der Waals surface area contributed by atoms with Gasteiger partial charge in [-0.2, -0.15) is 0 Å². The minimum Gasteiger partial charge on any atom is -0.352 e. The first-order valence-electron chi connectivity index (χ1n) is 9.08. The third-order valence-electron chi connectivity index (χ3n) is 4.81. The second-order valence-corrected chi connectivity index (χ2v) is 7.67. The smallest absolute Gasteiger partial charge is 0.273 e. The van der Waals surface area contributed by atoms with Crippen LogP contribution < -0.4 is 5.32 Å². The van der Waals surface area contributed by atoms with Gasteiger partial charge in [-0.15, -0.1) is 11.3 Å². The van der Waals surface area contributed by atoms with Crippen LogP contribution in [0.5, 0.6) is 0 Å². The van der Waals surface area contributed by atoms with E-state index in [1.807, 2.05) is 37.1 Å². The first-order chi connectivity index (χ1) is 13.1. The number of imidazole rings is 1. The number of carbonyl (C=O) groups is 2. The second-order valence-electron chi connectivity index (χ2n) is 6.55. The van der Waals surface area contributed by atoms with E-state index in [1.54, 1.807) is 16.7 Å². The molecule has 4 heterocycles. The predicted octanol–water partition coefficient (Wildman–Crippen LogP) is 2.83. The van der Waals surface area contributed by atoms with Crippen LogP contribution in [-0.4, -0.2) is 44.2 Å². The number of hydrogen-bond acceptors (Lipinski definition) is 5. The maximum absolute atomic E-state index is 13.3. The summed E-state index contributed by atoms with van der Waals surface area (Å²) in [7, 11) is 0. The molecule has 1 N–H and O–H groups in total. The number of nitrogens with one attached hydrogen (secondary N) is 1. The van der Waals surface area contributed by atoms with Gasteiger partial charge in [0.25, 0.3) is 11.8 Å². The average molecular weight is 383 g/mol. The van der Waals surface area contributed by atoms with Crippen molar-refractivity contribution in [1.82, 2.24) is 24.6 Å². The zero-order valence-electron chi connectivity index (χ0n) is 15.3. The molecule has 140 valence electrons. The largest absolute Gasteiger partial charge is 0.352 e. The van der Waals surface area contributed by atoms with Crippen molar-refractivity contribution in [3.05, 3.63) is 51.7 Å². The monoisotopic (exact) mass is 383 g/mol. The van der Waals surface area contributed by atoms with Gasteiger partial charge in [-0.1, -0.05) is 0 Å². The average Bonchev–Trinajstić information content (AvgIpc) is 3.38. The molecule has 3 aromatic heterocycles. The van der Waals surface area contributed by atoms with E-state index in [1.165, 1.54) is 11.3 Å². The van der Waals surface area contributed by atoms with E-state index in [4.69, 9.17) is 0 Å². The Bertz CT molecular complexity index is 1010. The zero-order valence-corrected chi connectivity index (χ0v) is 16.1. The molecule has 3 aromatic rings. The van der Waals surface area contributed by atoms with Gasteiger partial charge in [-0.05, 0) is 44.9 Å². The van der Waals surface area contributed by atoms with Crippen molar-refractivity contribution in [3.63, 3.8) is 0 Å². The van der Waals surface area contributed by atoms with E-state index in [0.717, 1.165) is 17.7 Å². The van der Waals surface area contributed by atoms with Crippen LogP contribution in [0.15, 0.2) is 30.6 Å². The molecule has 0 aromatic carbocycles. The number of hydrogen-bond donors (Lipinski definition) is 1. The first-order valence-corrected chi connectivity index (χ1v) is 9.90. The molecule has 1 unspecified atom stereocenters. The van der Waals surface area contributed by atoms with Gasteiger partial charge in [0.1, 0.15) is 5.69 Å². The molecule has 1 atom stereocenters. The van der Waals surface area contributed by atoms with Crippen LogP contribution in [0.4, 0.5) is 0 Å². The molecule has 1 aliphatic rings. The molecule has 0 radical (unpaired) electrons. The second kappa shape index (κ2) is 7.11. The summed E-state index contributed by atoms with van der Waals surface area (Å²) < 4.78 is 1.75. The van der Waals surface area contributed by atoms with Crippen molar-refractivity contribution >= 4 is 28.9 Å². The Labute approximate surface area is 161 Å². The van der Waals surface area contributed by atoms with Gasteiger partial charge in [0.05, 0.1) is 16.6 Å². The summed E-state index contributed by atoms with van der Waals surface area (Å²) >= 11 is 1.46. The maximum Gasteiger partial charge on any atom is 0.273 e. The number of carbonyl (C=O) groups excluding carboxylic acids is 2. The molecule has 0 bridgehead atoms. The third kappa shape index (κ3) is 3.10. The van der Waals surface area contributed by atoms with E-state index in [-0.39, 0.29) is 17.9 Å². The topological polar surface area (TPSA) is 79.6 Å². The van der Waals surface area contributed by atoms with Gasteiger partial charge in [0, 0.05) is 30.4 Å². The van der Waals surface area contributed by atoms with Crippen LogP contribution in [-0.2, 0) is 0 Å². The highest BCUT2D eigenvalue weighted by Crippen LogP contribution is 2.37. The lowest BCUT2D eigenvalue weighted by molar-refractivity contribution is 0.0729. The van der Waals surface area contributed by atoms with Crippen molar-refractivity contribution in [3.8, 4) is 0 Å². The van der Waals surface area contributed by atoms with Gasteiger partial charge >= 0.3 is 0 Å². The Morgan fingerprint density at radius 2 is 2.22 bits per heavy atom. The molecule has 0 spiro atoms. The fraction of sp³-hybridized carbons (Fsp3) is 0.368. The first kappa shape index (κ1) is 17.7. The molecular weight excluding hydrogens is 362 g/mol. The number of likely N-dealkylation sites (tertiary alicyclic amines) is 1. The quantitative estimate of drug-likeness (QED) is 0.751. The molecule has 0 saturated carbocycles. The molecule has 1 aliphatic heterocycles. The number of thiophene rings is 1. The Balaban J connectivity index is 1.64. The number of nitrogens with zero attached hydrogens (tertiary/aromatic N) is 4. The summed E-state index contributed by atoms with van der Waals surface area (Å²) in [6.07, 6.45) is 5.33. The van der Waals surface area contributed by atoms with Crippen LogP contribution in [0.25, 0.3) is 5.78 Å². The highest BCUT2D eigenvalue weighted by molar-refractivity contribution is 7.14. The highest BCUT2D eigenvalue weighted by atomic mass is 32.1. The van der Waals surface area contributed by atoms with E-state index in [9.17, 15) is 9.59 Å². The van der Waals surface area contributed by atoms with E-state index in [2.05, 4.69) is 15.3 Å². The van der Waals surface area contributed by atoms with Gasteiger partial charge in [0.2, 0.25) is 5.78 Å². The number of fused-ring (bicyclic) bond motifs is 1. The Morgan fingerprint density at radius 3 is 3.04 bits per heavy atom. The number of aromatic nitrogens is 3. The van der Waals surface area contributed by atoms with Gasteiger partial charge in [-0.3, -0.25) is 14.0 Å². The van der Waals surface area contributed by atoms with Crippen LogP contribution in [0, 0.1) is 6.92 Å². The summed E-state index contributed by atoms with van der Waals surface area (Å²) in [6, 6.07) is 5.60. The minimum atomic E-state index is -0.0617. The standard InChI is InChI=1S/C19H21N5O2S/c1-3-20-17(25)15-8-7-14(27-15)13-6-4-10-23(13)18(26)16-12(2)22-19-21-9-5-11-24(16)19/h5,7-9,11,13H,3-4,6,10H2,1-2H3,(H,20,25). The van der Waals surface area contributed by atoms with Crippen LogP contribution in [0.1, 0.15) is 56.5 Å². The van der Waals surface area contributed by atoms with Crippen molar-refractivity contribution < 1.29 is 9.59 Å². The number of aryl methyl sites for hydroxylation is 1. The van der Waals surface area contributed by atoms with Gasteiger partial charge < -0.3 is 10.2 Å². The molecule has 8 heteroatoms. The normalized spacial score (nSPS) is 16.8. The van der Waals surface area contributed by atoms with Gasteiger partial charge in [0.15, 0.2) is 0 Å². The molecule has 7 nitrogen and oxygen atoms in total. The summed E-state index contributed by atoms with van der Waals surface area (Å²) in [6.45, 7) is 5.04. The van der Waals surface area contributed by atoms with Crippen molar-refractivity contribution in [2.24, 2.45) is 0 Å². The van der Waals surface area contributed by atoms with E-state index >= 15 is 0 Å².